The fourth-order valence-corrected chi connectivity index (χ4v) is 1.90. The van der Waals surface area contributed by atoms with Crippen LogP contribution in [0.1, 0.15) is 32.6 Å². The van der Waals surface area contributed by atoms with Crippen LogP contribution in [0.3, 0.4) is 0 Å². The number of unbranched alkanes of at least 4 members (excludes halogenated alkanes) is 2. The Hall–Kier alpha value is -1.09. The van der Waals surface area contributed by atoms with Crippen molar-refractivity contribution < 1.29 is 4.39 Å². The number of anilines is 1. The molecule has 0 unspecified atom stereocenters. The maximum atomic E-state index is 12.8. The highest BCUT2D eigenvalue weighted by molar-refractivity contribution is 5.45. The Labute approximate surface area is 110 Å². The van der Waals surface area contributed by atoms with Gasteiger partial charge in [-0.05, 0) is 56.6 Å². The van der Waals surface area contributed by atoms with Crippen LogP contribution in [0.2, 0.25) is 0 Å². The molecule has 0 spiro atoms. The molecule has 18 heavy (non-hydrogen) atoms. The first-order chi connectivity index (χ1) is 8.74. The normalized spacial score (nSPS) is 10.6. The molecule has 0 atom stereocenters. The summed E-state index contributed by atoms with van der Waals surface area (Å²) in [6.45, 7) is 5.45. The molecule has 0 radical (unpaired) electrons. The van der Waals surface area contributed by atoms with Crippen molar-refractivity contribution in [2.75, 3.05) is 31.6 Å². The smallest absolute Gasteiger partial charge is 0.123 e. The van der Waals surface area contributed by atoms with Crippen molar-refractivity contribution in [3.05, 3.63) is 30.1 Å². The van der Waals surface area contributed by atoms with Crippen molar-refractivity contribution in [2.24, 2.45) is 0 Å². The molecule has 2 nitrogen and oxygen atoms in total. The first-order valence-corrected chi connectivity index (χ1v) is 6.91. The Morgan fingerprint density at radius 2 is 1.78 bits per heavy atom. The first kappa shape index (κ1) is 15.0. The topological polar surface area (TPSA) is 15.3 Å². The zero-order chi connectivity index (χ0) is 13.2. The minimum Gasteiger partial charge on any atom is -0.375 e. The Morgan fingerprint density at radius 3 is 2.44 bits per heavy atom. The van der Waals surface area contributed by atoms with E-state index in [2.05, 4.69) is 24.2 Å². The van der Waals surface area contributed by atoms with Gasteiger partial charge in [-0.2, -0.15) is 0 Å². The van der Waals surface area contributed by atoms with Crippen LogP contribution in [0.4, 0.5) is 10.1 Å². The average molecular weight is 252 g/mol. The van der Waals surface area contributed by atoms with Crippen LogP contribution < -0.4 is 10.2 Å². The maximum Gasteiger partial charge on any atom is 0.123 e. The summed E-state index contributed by atoms with van der Waals surface area (Å²) >= 11 is 0. The largest absolute Gasteiger partial charge is 0.375 e. The molecule has 0 amide bonds. The molecule has 0 saturated heterocycles. The number of halogens is 1. The van der Waals surface area contributed by atoms with Crippen LogP contribution in [0.15, 0.2) is 24.3 Å². The van der Waals surface area contributed by atoms with E-state index in [0.29, 0.717) is 0 Å². The van der Waals surface area contributed by atoms with Crippen LogP contribution in [0, 0.1) is 5.82 Å². The highest BCUT2D eigenvalue weighted by Crippen LogP contribution is 2.13. The van der Waals surface area contributed by atoms with Crippen molar-refractivity contribution in [3.8, 4) is 0 Å². The second kappa shape index (κ2) is 8.92. The van der Waals surface area contributed by atoms with Crippen molar-refractivity contribution >= 4 is 5.69 Å². The minimum absolute atomic E-state index is 0.172. The second-order valence-corrected chi connectivity index (χ2v) is 4.71. The third kappa shape index (κ3) is 6.01. The molecule has 1 rings (SSSR count). The lowest BCUT2D eigenvalue weighted by Crippen LogP contribution is -2.19. The van der Waals surface area contributed by atoms with Gasteiger partial charge in [-0.25, -0.2) is 4.39 Å². The fourth-order valence-electron chi connectivity index (χ4n) is 1.90. The van der Waals surface area contributed by atoms with Gasteiger partial charge in [0.2, 0.25) is 0 Å². The molecule has 0 aliphatic heterocycles. The summed E-state index contributed by atoms with van der Waals surface area (Å²) in [5, 5.41) is 3.41. The third-order valence-corrected chi connectivity index (χ3v) is 3.04. The molecule has 0 saturated carbocycles. The third-order valence-electron chi connectivity index (χ3n) is 3.04. The highest BCUT2D eigenvalue weighted by Gasteiger charge is 2.00. The monoisotopic (exact) mass is 252 g/mol. The first-order valence-electron chi connectivity index (χ1n) is 6.91. The molecule has 1 N–H and O–H groups in total. The molecule has 0 bridgehead atoms. The lowest BCUT2D eigenvalue weighted by atomic mass is 10.2. The van der Waals surface area contributed by atoms with E-state index in [4.69, 9.17) is 0 Å². The molecule has 0 heterocycles. The van der Waals surface area contributed by atoms with Crippen LogP contribution in [-0.4, -0.2) is 26.7 Å². The van der Waals surface area contributed by atoms with Crippen LogP contribution in [0.25, 0.3) is 0 Å². The van der Waals surface area contributed by atoms with Gasteiger partial charge in [-0.3, -0.25) is 0 Å². The molecular formula is C15H25FN2. The summed E-state index contributed by atoms with van der Waals surface area (Å²) in [6.07, 6.45) is 4.86. The summed E-state index contributed by atoms with van der Waals surface area (Å²) in [5.74, 6) is -0.172. The van der Waals surface area contributed by atoms with E-state index in [1.165, 1.54) is 37.8 Å². The number of nitrogens with one attached hydrogen (secondary N) is 1. The molecule has 1 aromatic rings. The Morgan fingerprint density at radius 1 is 1.06 bits per heavy atom. The summed E-state index contributed by atoms with van der Waals surface area (Å²) < 4.78 is 12.8. The SMILES string of the molecule is CCCNCCCCCN(C)c1ccc(F)cc1. The van der Waals surface area contributed by atoms with Gasteiger partial charge < -0.3 is 10.2 Å². The highest BCUT2D eigenvalue weighted by atomic mass is 19.1. The van der Waals surface area contributed by atoms with Crippen molar-refractivity contribution in [1.29, 1.82) is 0 Å². The summed E-state index contributed by atoms with van der Waals surface area (Å²) in [5.41, 5.74) is 1.08. The number of hydrogen-bond acceptors (Lipinski definition) is 2. The van der Waals surface area contributed by atoms with Gasteiger partial charge in [0.05, 0.1) is 0 Å². The Kier molecular flexibility index (Phi) is 7.42. The summed E-state index contributed by atoms with van der Waals surface area (Å²) in [6, 6.07) is 6.69. The quantitative estimate of drug-likeness (QED) is 0.677. The molecule has 0 fully saturated rings. The van der Waals surface area contributed by atoms with Gasteiger partial charge in [-0.1, -0.05) is 13.3 Å². The van der Waals surface area contributed by atoms with Gasteiger partial charge in [0.15, 0.2) is 0 Å². The van der Waals surface area contributed by atoms with Gasteiger partial charge in [-0.15, -0.1) is 0 Å². The predicted octanol–water partition coefficient (Wildman–Crippen LogP) is 3.43. The van der Waals surface area contributed by atoms with Crippen molar-refractivity contribution in [2.45, 2.75) is 32.6 Å². The van der Waals surface area contributed by atoms with Crippen LogP contribution in [0.5, 0.6) is 0 Å². The number of hydrogen-bond donors (Lipinski definition) is 1. The second-order valence-electron chi connectivity index (χ2n) is 4.71. The van der Waals surface area contributed by atoms with Crippen LogP contribution in [-0.2, 0) is 0 Å². The molecular weight excluding hydrogens is 227 g/mol. The average Bonchev–Trinajstić information content (AvgIpc) is 2.38. The predicted molar refractivity (Wildman–Crippen MR) is 76.7 cm³/mol. The van der Waals surface area contributed by atoms with Crippen molar-refractivity contribution in [3.63, 3.8) is 0 Å². The number of rotatable bonds is 9. The van der Waals surface area contributed by atoms with E-state index in [0.717, 1.165) is 25.3 Å². The molecule has 3 heteroatoms. The van der Waals surface area contributed by atoms with E-state index >= 15 is 0 Å². The maximum absolute atomic E-state index is 12.8. The zero-order valence-corrected chi connectivity index (χ0v) is 11.6. The van der Waals surface area contributed by atoms with E-state index in [-0.39, 0.29) is 5.82 Å². The van der Waals surface area contributed by atoms with Crippen LogP contribution >= 0.6 is 0 Å². The zero-order valence-electron chi connectivity index (χ0n) is 11.6. The summed E-state index contributed by atoms with van der Waals surface area (Å²) in [7, 11) is 2.06. The number of nitrogens with zero attached hydrogens (tertiary/aromatic N) is 1. The lowest BCUT2D eigenvalue weighted by molar-refractivity contribution is 0.598. The van der Waals surface area contributed by atoms with Crippen molar-refractivity contribution in [1.82, 2.24) is 5.32 Å². The number of benzene rings is 1. The Balaban J connectivity index is 2.10. The van der Waals surface area contributed by atoms with E-state index < -0.39 is 0 Å². The molecule has 0 aliphatic carbocycles. The van der Waals surface area contributed by atoms with E-state index in [1.54, 1.807) is 0 Å². The van der Waals surface area contributed by atoms with E-state index in [1.807, 2.05) is 12.1 Å². The fraction of sp³-hybridized carbons (Fsp3) is 0.600. The van der Waals surface area contributed by atoms with Gasteiger partial charge in [0.1, 0.15) is 5.82 Å². The molecule has 0 aliphatic rings. The standard InChI is InChI=1S/C15H25FN2/c1-3-11-17-12-5-4-6-13-18(2)15-9-7-14(16)8-10-15/h7-10,17H,3-6,11-13H2,1-2H3. The van der Waals surface area contributed by atoms with Gasteiger partial charge in [0.25, 0.3) is 0 Å². The minimum atomic E-state index is -0.172. The van der Waals surface area contributed by atoms with E-state index in [9.17, 15) is 4.39 Å². The lowest BCUT2D eigenvalue weighted by Gasteiger charge is -2.19. The molecule has 102 valence electrons. The molecule has 1 aromatic carbocycles. The summed E-state index contributed by atoms with van der Waals surface area (Å²) in [4.78, 5) is 2.18. The van der Waals surface area contributed by atoms with Gasteiger partial charge >= 0.3 is 0 Å². The molecule has 0 aromatic heterocycles. The Bertz CT molecular complexity index is 311. The van der Waals surface area contributed by atoms with Gasteiger partial charge in [0, 0.05) is 19.3 Å².